The first-order valence-electron chi connectivity index (χ1n) is 24.8. The number of rotatable bonds is 7. The van der Waals surface area contributed by atoms with Gasteiger partial charge in [-0.05, 0) is 137 Å². The van der Waals surface area contributed by atoms with E-state index in [0.29, 0.717) is 0 Å². The number of furan rings is 1. The third-order valence-electron chi connectivity index (χ3n) is 15.0. The van der Waals surface area contributed by atoms with E-state index in [1.54, 1.807) is 0 Å². The van der Waals surface area contributed by atoms with Crippen molar-refractivity contribution >= 4 is 78.0 Å². The van der Waals surface area contributed by atoms with Gasteiger partial charge in [-0.1, -0.05) is 171 Å². The Labute approximate surface area is 419 Å². The number of para-hydroxylation sites is 3. The maximum absolute atomic E-state index is 6.49. The standard InChI is InChI=1S/C61H43N3O.C7H8/c1-61(2)52-29-25-40(32-46(52)47-34-49-44-18-10-12-20-55(44)63(57(49)36-53(47)61)42-16-8-5-9-17-42)41-26-31-56-48(33-41)50-35-51-45-19-11-13-21-59(45)65-60(51)37-58(50)64(56)43-27-22-38(23-28-43)24-30-54(62-3)39-14-6-4-7-15-39;1-7-5-3-2-4-6-7/h4-23,25-37H,3,24H2,1-2H3;2-6H,1H3/b54-30-;. The predicted molar refractivity (Wildman–Crippen MR) is 304 cm³/mol. The molecule has 4 nitrogen and oxygen atoms in total. The Hall–Kier alpha value is -8.99. The first-order valence-corrected chi connectivity index (χ1v) is 24.8. The van der Waals surface area contributed by atoms with Crippen LogP contribution in [0.5, 0.6) is 0 Å². The Balaban J connectivity index is 0.000000666. The number of fused-ring (bicyclic) bond motifs is 12. The lowest BCUT2D eigenvalue weighted by molar-refractivity contribution is 0.661. The molecule has 10 aromatic carbocycles. The van der Waals surface area contributed by atoms with Crippen LogP contribution >= 0.6 is 0 Å². The summed E-state index contributed by atoms with van der Waals surface area (Å²) in [6.07, 6.45) is 2.91. The van der Waals surface area contributed by atoms with Crippen molar-refractivity contribution in [3.05, 3.63) is 258 Å². The van der Waals surface area contributed by atoms with Crippen LogP contribution < -0.4 is 0 Å². The number of hydrogen-bond acceptors (Lipinski definition) is 2. The molecular formula is C68H51N3O. The summed E-state index contributed by atoms with van der Waals surface area (Å²) in [4.78, 5) is 4.33. The van der Waals surface area contributed by atoms with Crippen LogP contribution in [0.25, 0.3) is 105 Å². The molecule has 0 bridgehead atoms. The Morgan fingerprint density at radius 2 is 1.06 bits per heavy atom. The third-order valence-corrected chi connectivity index (χ3v) is 15.0. The Kier molecular flexibility index (Phi) is 10.3. The monoisotopic (exact) mass is 925 g/mol. The minimum absolute atomic E-state index is 0.163. The van der Waals surface area contributed by atoms with Gasteiger partial charge in [-0.2, -0.15) is 0 Å². The minimum Gasteiger partial charge on any atom is -0.456 e. The first-order chi connectivity index (χ1) is 35.3. The van der Waals surface area contributed by atoms with Crippen molar-refractivity contribution in [1.82, 2.24) is 9.13 Å². The van der Waals surface area contributed by atoms with Crippen LogP contribution in [0.4, 0.5) is 0 Å². The molecule has 13 aromatic rings. The lowest BCUT2D eigenvalue weighted by Crippen LogP contribution is -2.15. The van der Waals surface area contributed by atoms with Crippen molar-refractivity contribution in [2.24, 2.45) is 4.99 Å². The number of aliphatic imine (C=N–C) groups is 1. The molecule has 3 aromatic heterocycles. The lowest BCUT2D eigenvalue weighted by Gasteiger charge is -2.22. The summed E-state index contributed by atoms with van der Waals surface area (Å²) in [6.45, 7) is 10.7. The van der Waals surface area contributed by atoms with Gasteiger partial charge in [0.05, 0.1) is 27.8 Å². The van der Waals surface area contributed by atoms with Crippen molar-refractivity contribution < 1.29 is 4.42 Å². The molecule has 0 saturated carbocycles. The van der Waals surface area contributed by atoms with E-state index < -0.39 is 0 Å². The normalized spacial score (nSPS) is 13.0. The lowest BCUT2D eigenvalue weighted by atomic mass is 9.82. The van der Waals surface area contributed by atoms with E-state index in [1.807, 2.05) is 42.5 Å². The first kappa shape index (κ1) is 43.1. The molecule has 1 aliphatic carbocycles. The second-order valence-corrected chi connectivity index (χ2v) is 19.7. The topological polar surface area (TPSA) is 35.4 Å². The van der Waals surface area contributed by atoms with E-state index in [-0.39, 0.29) is 5.41 Å². The van der Waals surface area contributed by atoms with E-state index in [9.17, 15) is 0 Å². The molecule has 1 aliphatic rings. The molecule has 0 fully saturated rings. The van der Waals surface area contributed by atoms with Crippen LogP contribution in [-0.2, 0) is 11.8 Å². The zero-order valence-electron chi connectivity index (χ0n) is 40.6. The molecule has 0 unspecified atom stereocenters. The zero-order valence-corrected chi connectivity index (χ0v) is 40.6. The SMILES string of the molecule is C=N/C(=C\Cc1ccc(-n2c3ccc(-c4ccc5c(c4)-c4cc6c7ccccc7n(-c7ccccc7)c6cc4C5(C)C)cc3c3cc4c(cc32)oc2ccccc24)cc1)c1ccccc1.Cc1ccccc1. The van der Waals surface area contributed by atoms with Crippen molar-refractivity contribution in [3.63, 3.8) is 0 Å². The fraction of sp³-hybridized carbons (Fsp3) is 0.0735. The highest BCUT2D eigenvalue weighted by molar-refractivity contribution is 6.18. The van der Waals surface area contributed by atoms with Crippen LogP contribution in [0.2, 0.25) is 0 Å². The molecule has 4 heteroatoms. The number of aryl methyl sites for hydroxylation is 1. The average Bonchev–Trinajstić information content (AvgIpc) is 4.12. The van der Waals surface area contributed by atoms with Gasteiger partial charge in [0.25, 0.3) is 0 Å². The molecule has 344 valence electrons. The average molecular weight is 926 g/mol. The van der Waals surface area contributed by atoms with Gasteiger partial charge >= 0.3 is 0 Å². The van der Waals surface area contributed by atoms with Gasteiger partial charge in [0, 0.05) is 55.2 Å². The number of nitrogens with zero attached hydrogens (tertiary/aromatic N) is 3. The highest BCUT2D eigenvalue weighted by atomic mass is 16.3. The number of hydrogen-bond donors (Lipinski definition) is 0. The summed E-state index contributed by atoms with van der Waals surface area (Å²) >= 11 is 0. The van der Waals surface area contributed by atoms with Gasteiger partial charge in [0.2, 0.25) is 0 Å². The van der Waals surface area contributed by atoms with Gasteiger partial charge in [-0.15, -0.1) is 0 Å². The molecular weight excluding hydrogens is 875 g/mol. The summed E-state index contributed by atoms with van der Waals surface area (Å²) in [5, 5.41) is 7.20. The zero-order chi connectivity index (χ0) is 48.5. The summed E-state index contributed by atoms with van der Waals surface area (Å²) in [5.74, 6) is 0. The summed E-state index contributed by atoms with van der Waals surface area (Å²) in [6, 6.07) is 80.9. The quantitative estimate of drug-likeness (QED) is 0.147. The highest BCUT2D eigenvalue weighted by Gasteiger charge is 2.37. The Morgan fingerprint density at radius 1 is 0.472 bits per heavy atom. The van der Waals surface area contributed by atoms with Gasteiger partial charge in [0.1, 0.15) is 11.2 Å². The largest absolute Gasteiger partial charge is 0.456 e. The molecule has 14 rings (SSSR count). The summed E-state index contributed by atoms with van der Waals surface area (Å²) in [7, 11) is 0. The second-order valence-electron chi connectivity index (χ2n) is 19.7. The van der Waals surface area contributed by atoms with Crippen molar-refractivity contribution in [3.8, 4) is 33.6 Å². The van der Waals surface area contributed by atoms with E-state index in [2.05, 4.69) is 230 Å². The van der Waals surface area contributed by atoms with Gasteiger partial charge in [-0.3, -0.25) is 4.99 Å². The van der Waals surface area contributed by atoms with E-state index >= 15 is 0 Å². The van der Waals surface area contributed by atoms with Crippen molar-refractivity contribution in [2.75, 3.05) is 0 Å². The second kappa shape index (κ2) is 17.2. The van der Waals surface area contributed by atoms with Crippen LogP contribution in [0.1, 0.15) is 41.7 Å². The molecule has 3 heterocycles. The van der Waals surface area contributed by atoms with Crippen molar-refractivity contribution in [2.45, 2.75) is 32.6 Å². The van der Waals surface area contributed by atoms with Crippen LogP contribution in [0.3, 0.4) is 0 Å². The van der Waals surface area contributed by atoms with Crippen LogP contribution in [0, 0.1) is 6.92 Å². The molecule has 0 spiro atoms. The molecule has 0 saturated heterocycles. The Morgan fingerprint density at radius 3 is 1.79 bits per heavy atom. The van der Waals surface area contributed by atoms with Gasteiger partial charge < -0.3 is 13.6 Å². The highest BCUT2D eigenvalue weighted by Crippen LogP contribution is 2.52. The molecule has 72 heavy (non-hydrogen) atoms. The van der Waals surface area contributed by atoms with Crippen molar-refractivity contribution in [1.29, 1.82) is 0 Å². The smallest absolute Gasteiger partial charge is 0.137 e. The maximum atomic E-state index is 6.49. The minimum atomic E-state index is -0.163. The number of benzene rings is 10. The van der Waals surface area contributed by atoms with E-state index in [0.717, 1.165) is 56.3 Å². The molecule has 0 radical (unpaired) electrons. The van der Waals surface area contributed by atoms with Crippen LogP contribution in [0.15, 0.2) is 240 Å². The van der Waals surface area contributed by atoms with E-state index in [4.69, 9.17) is 4.42 Å². The predicted octanol–water partition coefficient (Wildman–Crippen LogP) is 18.0. The van der Waals surface area contributed by atoms with Gasteiger partial charge in [0.15, 0.2) is 0 Å². The molecule has 0 amide bonds. The fourth-order valence-corrected chi connectivity index (χ4v) is 11.4. The van der Waals surface area contributed by atoms with Gasteiger partial charge in [-0.25, -0.2) is 0 Å². The molecule has 0 N–H and O–H groups in total. The molecule has 0 aliphatic heterocycles. The van der Waals surface area contributed by atoms with E-state index in [1.165, 1.54) is 82.8 Å². The third kappa shape index (κ3) is 7.09. The fourth-order valence-electron chi connectivity index (χ4n) is 11.4. The Bertz CT molecular complexity index is 4260. The van der Waals surface area contributed by atoms with Crippen LogP contribution in [-0.4, -0.2) is 15.9 Å². The summed E-state index contributed by atoms with van der Waals surface area (Å²) in [5.41, 5.74) is 20.9. The maximum Gasteiger partial charge on any atom is 0.137 e. The number of allylic oxidation sites excluding steroid dienone is 1. The number of aromatic nitrogens is 2. The summed E-state index contributed by atoms with van der Waals surface area (Å²) < 4.78 is 11.3. The molecule has 0 atom stereocenters.